The smallest absolute Gasteiger partial charge is 0.308 e. The molecule has 1 heterocycles. The minimum absolute atomic E-state index is 0.0169. The molecule has 29 heavy (non-hydrogen) atoms. The van der Waals surface area contributed by atoms with E-state index in [1.807, 2.05) is 0 Å². The highest BCUT2D eigenvalue weighted by molar-refractivity contribution is 6.06. The second-order valence-electron chi connectivity index (χ2n) is 7.90. The first kappa shape index (κ1) is 19.4. The average molecular weight is 400 g/mol. The van der Waals surface area contributed by atoms with E-state index in [9.17, 15) is 19.2 Å². The molecule has 1 aromatic carbocycles. The number of carbonyl (C=O) groups excluding carboxylic acids is 4. The summed E-state index contributed by atoms with van der Waals surface area (Å²) in [6.45, 7) is -0.412. The van der Waals surface area contributed by atoms with Crippen molar-refractivity contribution in [2.75, 3.05) is 25.6 Å². The number of rotatable bonds is 7. The Morgan fingerprint density at radius 3 is 2.28 bits per heavy atom. The average Bonchev–Trinajstić information content (AvgIpc) is 3.40. The molecule has 3 fully saturated rings. The van der Waals surface area contributed by atoms with Gasteiger partial charge in [-0.3, -0.25) is 24.1 Å². The van der Waals surface area contributed by atoms with E-state index in [4.69, 9.17) is 9.47 Å². The maximum absolute atomic E-state index is 12.6. The van der Waals surface area contributed by atoms with Gasteiger partial charge in [0.05, 0.1) is 25.4 Å². The van der Waals surface area contributed by atoms with Crippen molar-refractivity contribution >= 4 is 29.4 Å². The van der Waals surface area contributed by atoms with Crippen LogP contribution in [0.15, 0.2) is 24.3 Å². The SMILES string of the molecule is COc1ccc(NC(=O)COC(=O)CCN2C(=O)[C@@H]3[C@H]4CC[C@@H](C4)[C@H]3C2=O)cc1. The number of nitrogens with one attached hydrogen (secondary N) is 1. The number of likely N-dealkylation sites (tertiary alicyclic amines) is 1. The second-order valence-corrected chi connectivity index (χ2v) is 7.90. The van der Waals surface area contributed by atoms with Crippen LogP contribution in [-0.4, -0.2) is 48.9 Å². The van der Waals surface area contributed by atoms with Gasteiger partial charge in [0, 0.05) is 12.2 Å². The topological polar surface area (TPSA) is 102 Å². The van der Waals surface area contributed by atoms with Gasteiger partial charge in [-0.1, -0.05) is 0 Å². The first-order valence-corrected chi connectivity index (χ1v) is 9.92. The van der Waals surface area contributed by atoms with Crippen LogP contribution in [0.1, 0.15) is 25.7 Å². The Morgan fingerprint density at radius 1 is 1.07 bits per heavy atom. The third-order valence-corrected chi connectivity index (χ3v) is 6.30. The third-order valence-electron chi connectivity index (χ3n) is 6.30. The van der Waals surface area contributed by atoms with Crippen molar-refractivity contribution in [3.63, 3.8) is 0 Å². The molecule has 1 saturated heterocycles. The van der Waals surface area contributed by atoms with Crippen molar-refractivity contribution in [2.24, 2.45) is 23.7 Å². The zero-order valence-corrected chi connectivity index (χ0v) is 16.3. The number of fused-ring (bicyclic) bond motifs is 5. The van der Waals surface area contributed by atoms with Crippen LogP contribution in [0.4, 0.5) is 5.69 Å². The fraction of sp³-hybridized carbons (Fsp3) is 0.524. The fourth-order valence-corrected chi connectivity index (χ4v) is 4.98. The molecule has 8 nitrogen and oxygen atoms in total. The number of amides is 3. The summed E-state index contributed by atoms with van der Waals surface area (Å²) in [5.41, 5.74) is 0.557. The van der Waals surface area contributed by atoms with Gasteiger partial charge in [0.2, 0.25) is 11.8 Å². The van der Waals surface area contributed by atoms with Gasteiger partial charge in [-0.15, -0.1) is 0 Å². The lowest BCUT2D eigenvalue weighted by Gasteiger charge is -2.19. The molecule has 2 aliphatic carbocycles. The Balaban J connectivity index is 1.21. The van der Waals surface area contributed by atoms with Crippen LogP contribution < -0.4 is 10.1 Å². The Bertz CT molecular complexity index is 808. The normalized spacial score (nSPS) is 27.1. The molecule has 154 valence electrons. The monoisotopic (exact) mass is 400 g/mol. The summed E-state index contributed by atoms with van der Waals surface area (Å²) in [5, 5.41) is 2.61. The summed E-state index contributed by atoms with van der Waals surface area (Å²) >= 11 is 0. The van der Waals surface area contributed by atoms with Crippen molar-refractivity contribution in [1.82, 2.24) is 4.90 Å². The van der Waals surface area contributed by atoms with E-state index in [2.05, 4.69) is 5.32 Å². The number of hydrogen-bond acceptors (Lipinski definition) is 6. The minimum Gasteiger partial charge on any atom is -0.497 e. The van der Waals surface area contributed by atoms with Crippen molar-refractivity contribution < 1.29 is 28.7 Å². The molecule has 1 N–H and O–H groups in total. The van der Waals surface area contributed by atoms with E-state index in [0.29, 0.717) is 23.3 Å². The van der Waals surface area contributed by atoms with Crippen LogP contribution in [0.5, 0.6) is 5.75 Å². The molecule has 1 aliphatic heterocycles. The van der Waals surface area contributed by atoms with Gasteiger partial charge < -0.3 is 14.8 Å². The van der Waals surface area contributed by atoms with Gasteiger partial charge in [0.1, 0.15) is 5.75 Å². The summed E-state index contributed by atoms with van der Waals surface area (Å²) < 4.78 is 10.0. The number of esters is 1. The van der Waals surface area contributed by atoms with Gasteiger partial charge in [0.15, 0.2) is 6.61 Å². The van der Waals surface area contributed by atoms with E-state index < -0.39 is 18.5 Å². The van der Waals surface area contributed by atoms with Crippen molar-refractivity contribution in [3.8, 4) is 5.75 Å². The van der Waals surface area contributed by atoms with Gasteiger partial charge >= 0.3 is 5.97 Å². The predicted octanol–water partition coefficient (Wildman–Crippen LogP) is 1.60. The van der Waals surface area contributed by atoms with Gasteiger partial charge in [-0.2, -0.15) is 0 Å². The van der Waals surface area contributed by atoms with E-state index in [-0.39, 0.29) is 36.6 Å². The molecule has 1 aromatic rings. The molecule has 0 spiro atoms. The van der Waals surface area contributed by atoms with Crippen LogP contribution in [0.25, 0.3) is 0 Å². The second kappa shape index (κ2) is 7.85. The van der Waals surface area contributed by atoms with Crippen LogP contribution in [0.3, 0.4) is 0 Å². The summed E-state index contributed by atoms with van der Waals surface area (Å²) in [7, 11) is 1.55. The highest BCUT2D eigenvalue weighted by Crippen LogP contribution is 2.56. The van der Waals surface area contributed by atoms with Crippen molar-refractivity contribution in [1.29, 1.82) is 0 Å². The lowest BCUT2D eigenvalue weighted by molar-refractivity contribution is -0.149. The first-order chi connectivity index (χ1) is 14.0. The number of hydrogen-bond donors (Lipinski definition) is 1. The number of carbonyl (C=O) groups is 4. The maximum Gasteiger partial charge on any atom is 0.308 e. The molecule has 3 amide bonds. The largest absolute Gasteiger partial charge is 0.497 e. The molecular weight excluding hydrogens is 376 g/mol. The molecular formula is C21H24N2O6. The zero-order chi connectivity index (χ0) is 20.5. The Morgan fingerprint density at radius 2 is 1.69 bits per heavy atom. The molecule has 2 bridgehead atoms. The number of ether oxygens (including phenoxy) is 2. The molecule has 0 aromatic heterocycles. The Hall–Kier alpha value is -2.90. The highest BCUT2D eigenvalue weighted by Gasteiger charge is 2.60. The fourth-order valence-electron chi connectivity index (χ4n) is 4.98. The maximum atomic E-state index is 12.6. The minimum atomic E-state index is -0.615. The molecule has 4 atom stereocenters. The predicted molar refractivity (Wildman–Crippen MR) is 102 cm³/mol. The summed E-state index contributed by atoms with van der Waals surface area (Å²) in [5.74, 6) is -0.439. The number of benzene rings is 1. The van der Waals surface area contributed by atoms with E-state index >= 15 is 0 Å². The van der Waals surface area contributed by atoms with Gasteiger partial charge in [-0.25, -0.2) is 0 Å². The van der Waals surface area contributed by atoms with Gasteiger partial charge in [0.25, 0.3) is 5.91 Å². The van der Waals surface area contributed by atoms with E-state index in [1.54, 1.807) is 31.4 Å². The van der Waals surface area contributed by atoms with Crippen molar-refractivity contribution in [2.45, 2.75) is 25.7 Å². The van der Waals surface area contributed by atoms with Crippen LogP contribution in [-0.2, 0) is 23.9 Å². The summed E-state index contributed by atoms with van der Waals surface area (Å²) in [6.07, 6.45) is 2.90. The summed E-state index contributed by atoms with van der Waals surface area (Å²) in [6, 6.07) is 6.75. The molecule has 8 heteroatoms. The van der Waals surface area contributed by atoms with Crippen LogP contribution in [0.2, 0.25) is 0 Å². The van der Waals surface area contributed by atoms with Crippen molar-refractivity contribution in [3.05, 3.63) is 24.3 Å². The summed E-state index contributed by atoms with van der Waals surface area (Å²) in [4.78, 5) is 50.3. The third kappa shape index (κ3) is 3.71. The molecule has 0 unspecified atom stereocenters. The van der Waals surface area contributed by atoms with E-state index in [1.165, 1.54) is 4.90 Å². The first-order valence-electron chi connectivity index (χ1n) is 9.92. The molecule has 2 saturated carbocycles. The highest BCUT2D eigenvalue weighted by atomic mass is 16.5. The van der Waals surface area contributed by atoms with Crippen LogP contribution >= 0.6 is 0 Å². The molecule has 0 radical (unpaired) electrons. The Labute approximate surface area is 168 Å². The molecule has 3 aliphatic rings. The quantitative estimate of drug-likeness (QED) is 0.551. The standard InChI is InChI=1S/C21H24N2O6/c1-28-15-6-4-14(5-7-15)22-16(24)11-29-17(25)8-9-23-20(26)18-12-2-3-13(10-12)19(18)21(23)27/h4-7,12-13,18-19H,2-3,8-11H2,1H3,(H,22,24)/t12-,13-,18+,19+/m0/s1. The number of methoxy groups -OCH3 is 1. The number of imide groups is 1. The lowest BCUT2D eigenvalue weighted by Crippen LogP contribution is -2.35. The number of nitrogens with zero attached hydrogens (tertiary/aromatic N) is 1. The molecule has 4 rings (SSSR count). The number of anilines is 1. The lowest BCUT2D eigenvalue weighted by atomic mass is 9.81. The Kier molecular flexibility index (Phi) is 5.25. The van der Waals surface area contributed by atoms with E-state index in [0.717, 1.165) is 19.3 Å². The van der Waals surface area contributed by atoms with Crippen LogP contribution in [0, 0.1) is 23.7 Å². The van der Waals surface area contributed by atoms with Gasteiger partial charge in [-0.05, 0) is 55.4 Å². The zero-order valence-electron chi connectivity index (χ0n) is 16.3.